The largest absolute Gasteiger partial charge is 0.393 e. The SMILES string of the molecule is CCC1CCCCN1c1ncnc(Nc2ccncc2)c1N. The van der Waals surface area contributed by atoms with Gasteiger partial charge in [0.2, 0.25) is 0 Å². The molecule has 3 rings (SSSR count). The van der Waals surface area contributed by atoms with E-state index in [0.717, 1.165) is 24.5 Å². The second-order valence-corrected chi connectivity index (χ2v) is 5.57. The fourth-order valence-electron chi connectivity index (χ4n) is 2.99. The number of hydrogen-bond acceptors (Lipinski definition) is 6. The number of pyridine rings is 1. The molecule has 0 aromatic carbocycles. The lowest BCUT2D eigenvalue weighted by molar-refractivity contribution is 0.447. The van der Waals surface area contributed by atoms with Gasteiger partial charge in [-0.05, 0) is 37.8 Å². The molecule has 116 valence electrons. The number of nitrogens with one attached hydrogen (secondary N) is 1. The second-order valence-electron chi connectivity index (χ2n) is 5.57. The lowest BCUT2D eigenvalue weighted by Gasteiger charge is -2.36. The molecule has 22 heavy (non-hydrogen) atoms. The van der Waals surface area contributed by atoms with Crippen LogP contribution in [0.25, 0.3) is 0 Å². The van der Waals surface area contributed by atoms with E-state index in [2.05, 4.69) is 32.1 Å². The van der Waals surface area contributed by atoms with Crippen molar-refractivity contribution in [1.82, 2.24) is 15.0 Å². The van der Waals surface area contributed by atoms with E-state index < -0.39 is 0 Å². The first-order chi connectivity index (χ1) is 10.8. The van der Waals surface area contributed by atoms with Crippen LogP contribution in [0.3, 0.4) is 0 Å². The minimum atomic E-state index is 0.514. The maximum Gasteiger partial charge on any atom is 0.159 e. The molecular formula is C16H22N6. The zero-order valence-electron chi connectivity index (χ0n) is 12.9. The Morgan fingerprint density at radius 2 is 2.09 bits per heavy atom. The molecule has 1 atom stereocenters. The van der Waals surface area contributed by atoms with Gasteiger partial charge >= 0.3 is 0 Å². The Morgan fingerprint density at radius 3 is 2.86 bits per heavy atom. The highest BCUT2D eigenvalue weighted by Crippen LogP contribution is 2.33. The molecule has 0 bridgehead atoms. The first-order valence-corrected chi connectivity index (χ1v) is 7.83. The van der Waals surface area contributed by atoms with Crippen molar-refractivity contribution in [1.29, 1.82) is 0 Å². The maximum absolute atomic E-state index is 6.33. The van der Waals surface area contributed by atoms with Crippen LogP contribution < -0.4 is 16.0 Å². The van der Waals surface area contributed by atoms with Gasteiger partial charge in [-0.1, -0.05) is 6.92 Å². The highest BCUT2D eigenvalue weighted by Gasteiger charge is 2.24. The molecule has 0 spiro atoms. The molecule has 1 aliphatic heterocycles. The molecule has 2 aromatic rings. The zero-order chi connectivity index (χ0) is 15.4. The minimum absolute atomic E-state index is 0.514. The van der Waals surface area contributed by atoms with Crippen LogP contribution in [-0.4, -0.2) is 27.5 Å². The van der Waals surface area contributed by atoms with Crippen molar-refractivity contribution in [3.8, 4) is 0 Å². The fraction of sp³-hybridized carbons (Fsp3) is 0.438. The number of nitrogens with zero attached hydrogens (tertiary/aromatic N) is 4. The third-order valence-electron chi connectivity index (χ3n) is 4.18. The monoisotopic (exact) mass is 298 g/mol. The van der Waals surface area contributed by atoms with Crippen molar-refractivity contribution in [3.05, 3.63) is 30.9 Å². The maximum atomic E-state index is 6.33. The standard InChI is InChI=1S/C16H22N6/c1-2-13-5-3-4-10-22(13)16-14(17)15(19-11-20-16)21-12-6-8-18-9-7-12/h6-9,11,13H,2-5,10,17H2,1H3,(H,18,19,20,21). The predicted molar refractivity (Wildman–Crippen MR) is 89.2 cm³/mol. The molecule has 6 nitrogen and oxygen atoms in total. The van der Waals surface area contributed by atoms with Crippen LogP contribution in [0, 0.1) is 0 Å². The number of nitrogens with two attached hydrogens (primary N) is 1. The normalized spacial score (nSPS) is 18.2. The van der Waals surface area contributed by atoms with E-state index in [1.807, 2.05) is 12.1 Å². The molecule has 3 N–H and O–H groups in total. The van der Waals surface area contributed by atoms with Crippen molar-refractivity contribution in [2.24, 2.45) is 0 Å². The summed E-state index contributed by atoms with van der Waals surface area (Å²) in [5, 5.41) is 3.24. The molecule has 0 aliphatic carbocycles. The molecule has 0 radical (unpaired) electrons. The molecular weight excluding hydrogens is 276 g/mol. The molecule has 1 unspecified atom stereocenters. The van der Waals surface area contributed by atoms with Crippen LogP contribution in [0.2, 0.25) is 0 Å². The van der Waals surface area contributed by atoms with Crippen LogP contribution in [0.1, 0.15) is 32.6 Å². The van der Waals surface area contributed by atoms with Crippen LogP contribution in [0.15, 0.2) is 30.9 Å². The topological polar surface area (TPSA) is 80.0 Å². The van der Waals surface area contributed by atoms with Crippen LogP contribution in [0.5, 0.6) is 0 Å². The van der Waals surface area contributed by atoms with Gasteiger partial charge in [-0.2, -0.15) is 0 Å². The van der Waals surface area contributed by atoms with Crippen molar-refractivity contribution in [3.63, 3.8) is 0 Å². The summed E-state index contributed by atoms with van der Waals surface area (Å²) < 4.78 is 0. The summed E-state index contributed by atoms with van der Waals surface area (Å²) in [6.45, 7) is 3.23. The molecule has 6 heteroatoms. The Labute approximate surface area is 130 Å². The van der Waals surface area contributed by atoms with Gasteiger partial charge in [0.15, 0.2) is 11.6 Å². The van der Waals surface area contributed by atoms with Gasteiger partial charge in [-0.25, -0.2) is 9.97 Å². The predicted octanol–water partition coefficient (Wildman–Crippen LogP) is 2.97. The lowest BCUT2D eigenvalue weighted by Crippen LogP contribution is -2.40. The van der Waals surface area contributed by atoms with Crippen molar-refractivity contribution in [2.45, 2.75) is 38.6 Å². The highest BCUT2D eigenvalue weighted by atomic mass is 15.2. The molecule has 1 fully saturated rings. The van der Waals surface area contributed by atoms with Crippen LogP contribution in [0.4, 0.5) is 23.0 Å². The number of nitrogen functional groups attached to an aromatic ring is 1. The second kappa shape index (κ2) is 6.60. The number of anilines is 4. The van der Waals surface area contributed by atoms with Gasteiger partial charge in [0.25, 0.3) is 0 Å². The average molecular weight is 298 g/mol. The summed E-state index contributed by atoms with van der Waals surface area (Å²) in [6.07, 6.45) is 9.83. The van der Waals surface area contributed by atoms with E-state index in [-0.39, 0.29) is 0 Å². The van der Waals surface area contributed by atoms with E-state index in [9.17, 15) is 0 Å². The Balaban J connectivity index is 1.88. The quantitative estimate of drug-likeness (QED) is 0.903. The third kappa shape index (κ3) is 2.95. The third-order valence-corrected chi connectivity index (χ3v) is 4.18. The summed E-state index contributed by atoms with van der Waals surface area (Å²) in [5.74, 6) is 1.50. The molecule has 1 saturated heterocycles. The summed E-state index contributed by atoms with van der Waals surface area (Å²) in [5.41, 5.74) is 7.86. The molecule has 0 saturated carbocycles. The van der Waals surface area contributed by atoms with Gasteiger partial charge < -0.3 is 16.0 Å². The number of hydrogen-bond donors (Lipinski definition) is 2. The molecule has 0 amide bonds. The van der Waals surface area contributed by atoms with Gasteiger partial charge in [-0.15, -0.1) is 0 Å². The Hall–Kier alpha value is -2.37. The summed E-state index contributed by atoms with van der Waals surface area (Å²) in [7, 11) is 0. The highest BCUT2D eigenvalue weighted by molar-refractivity contribution is 5.78. The number of piperidine rings is 1. The van der Waals surface area contributed by atoms with Crippen LogP contribution in [-0.2, 0) is 0 Å². The first-order valence-electron chi connectivity index (χ1n) is 7.83. The molecule has 2 aromatic heterocycles. The summed E-state index contributed by atoms with van der Waals surface area (Å²) in [4.78, 5) is 15.1. The van der Waals surface area contributed by atoms with Crippen LogP contribution >= 0.6 is 0 Å². The Morgan fingerprint density at radius 1 is 1.27 bits per heavy atom. The van der Waals surface area contributed by atoms with E-state index in [1.165, 1.54) is 19.3 Å². The van der Waals surface area contributed by atoms with Gasteiger partial charge in [0.1, 0.15) is 12.0 Å². The van der Waals surface area contributed by atoms with Crippen molar-refractivity contribution < 1.29 is 0 Å². The number of aromatic nitrogens is 3. The Bertz CT molecular complexity index is 615. The molecule has 1 aliphatic rings. The molecule has 3 heterocycles. The van der Waals surface area contributed by atoms with E-state index >= 15 is 0 Å². The van der Waals surface area contributed by atoms with E-state index in [0.29, 0.717) is 17.5 Å². The van der Waals surface area contributed by atoms with Gasteiger partial charge in [0.05, 0.1) is 0 Å². The first kappa shape index (κ1) is 14.6. The average Bonchev–Trinajstić information content (AvgIpc) is 2.58. The fourth-order valence-corrected chi connectivity index (χ4v) is 2.99. The lowest BCUT2D eigenvalue weighted by atomic mass is 10.00. The zero-order valence-corrected chi connectivity index (χ0v) is 12.9. The smallest absolute Gasteiger partial charge is 0.159 e. The summed E-state index contributed by atoms with van der Waals surface area (Å²) >= 11 is 0. The van der Waals surface area contributed by atoms with E-state index in [1.54, 1.807) is 18.7 Å². The van der Waals surface area contributed by atoms with E-state index in [4.69, 9.17) is 5.73 Å². The number of rotatable bonds is 4. The minimum Gasteiger partial charge on any atom is -0.393 e. The van der Waals surface area contributed by atoms with Gasteiger partial charge in [-0.3, -0.25) is 4.98 Å². The summed E-state index contributed by atoms with van der Waals surface area (Å²) in [6, 6.07) is 4.29. The Kier molecular flexibility index (Phi) is 4.37. The van der Waals surface area contributed by atoms with Gasteiger partial charge in [0, 0.05) is 30.7 Å². The van der Waals surface area contributed by atoms with Crippen molar-refractivity contribution in [2.75, 3.05) is 22.5 Å². The van der Waals surface area contributed by atoms with Crippen molar-refractivity contribution >= 4 is 23.0 Å².